The van der Waals surface area contributed by atoms with Crippen LogP contribution in [-0.2, 0) is 9.59 Å². The summed E-state index contributed by atoms with van der Waals surface area (Å²) in [6.07, 6.45) is 12.1. The number of likely N-dealkylation sites (tertiary alicyclic amines) is 1. The van der Waals surface area contributed by atoms with E-state index in [0.717, 1.165) is 63.5 Å². The number of pyridine rings is 1. The van der Waals surface area contributed by atoms with E-state index in [9.17, 15) is 9.59 Å². The third-order valence-corrected chi connectivity index (χ3v) is 5.75. The fraction of sp³-hybridized carbons (Fsp3) is 0.609. The Bertz CT molecular complexity index is 718. The molecule has 2 atom stereocenters. The van der Waals surface area contributed by atoms with Crippen LogP contribution < -0.4 is 15.4 Å². The number of aromatic nitrogens is 1. The first-order valence-corrected chi connectivity index (χ1v) is 11.1. The zero-order chi connectivity index (χ0) is 21.3. The van der Waals surface area contributed by atoms with Crippen LogP contribution in [0.5, 0.6) is 5.88 Å². The third kappa shape index (κ3) is 6.21. The first-order chi connectivity index (χ1) is 14.6. The minimum atomic E-state index is -0.377. The van der Waals surface area contributed by atoms with Gasteiger partial charge in [0.05, 0.1) is 19.0 Å². The largest absolute Gasteiger partial charge is 0.481 e. The van der Waals surface area contributed by atoms with E-state index in [-0.39, 0.29) is 23.9 Å². The number of allylic oxidation sites excluding steroid dienone is 1. The van der Waals surface area contributed by atoms with E-state index in [0.29, 0.717) is 18.5 Å². The van der Waals surface area contributed by atoms with E-state index in [1.807, 2.05) is 12.1 Å². The summed E-state index contributed by atoms with van der Waals surface area (Å²) in [6, 6.07) is 3.22. The Labute approximate surface area is 179 Å². The summed E-state index contributed by atoms with van der Waals surface area (Å²) in [4.78, 5) is 32.1. The summed E-state index contributed by atoms with van der Waals surface area (Å²) in [6.45, 7) is 4.40. The van der Waals surface area contributed by atoms with Crippen LogP contribution in [-0.4, -0.2) is 53.5 Å². The van der Waals surface area contributed by atoms with Crippen molar-refractivity contribution < 1.29 is 14.3 Å². The normalized spacial score (nSPS) is 19.2. The molecule has 1 saturated carbocycles. The number of hydrogen-bond donors (Lipinski definition) is 2. The van der Waals surface area contributed by atoms with E-state index >= 15 is 0 Å². The van der Waals surface area contributed by atoms with Gasteiger partial charge in [-0.05, 0) is 51.0 Å². The molecule has 3 rings (SSSR count). The van der Waals surface area contributed by atoms with Crippen molar-refractivity contribution in [3.8, 4) is 5.88 Å². The molecule has 1 aliphatic heterocycles. The van der Waals surface area contributed by atoms with Crippen LogP contribution in [0, 0.1) is 0 Å². The minimum Gasteiger partial charge on any atom is -0.481 e. The van der Waals surface area contributed by atoms with Crippen LogP contribution in [0.2, 0.25) is 0 Å². The van der Waals surface area contributed by atoms with Gasteiger partial charge in [0.2, 0.25) is 17.7 Å². The van der Waals surface area contributed by atoms with E-state index in [1.54, 1.807) is 24.3 Å². The van der Waals surface area contributed by atoms with Crippen LogP contribution >= 0.6 is 0 Å². The molecule has 0 aromatic carbocycles. The van der Waals surface area contributed by atoms with Gasteiger partial charge < -0.3 is 20.3 Å². The average molecular weight is 415 g/mol. The molecule has 1 saturated heterocycles. The van der Waals surface area contributed by atoms with Gasteiger partial charge in [-0.2, -0.15) is 0 Å². The summed E-state index contributed by atoms with van der Waals surface area (Å²) in [7, 11) is 1.57. The zero-order valence-electron chi connectivity index (χ0n) is 17.9. The van der Waals surface area contributed by atoms with E-state index < -0.39 is 0 Å². The first kappa shape index (κ1) is 22.1. The van der Waals surface area contributed by atoms with Crippen LogP contribution in [0.15, 0.2) is 31.0 Å². The Hall–Kier alpha value is -2.57. The molecule has 0 radical (unpaired) electrons. The molecule has 0 spiro atoms. The smallest absolute Gasteiger partial charge is 0.245 e. The highest BCUT2D eigenvalue weighted by Crippen LogP contribution is 2.24. The van der Waals surface area contributed by atoms with E-state index in [4.69, 9.17) is 4.74 Å². The Morgan fingerprint density at radius 3 is 2.80 bits per heavy atom. The van der Waals surface area contributed by atoms with E-state index in [1.165, 1.54) is 0 Å². The molecule has 2 aliphatic rings. The SMILES string of the molecule is C=CCCCCCC(Nc1ccc(OC)nc1)C(=O)N1CCC[C@H]1C(=O)NC1CC1. The fourth-order valence-corrected chi connectivity index (χ4v) is 3.89. The van der Waals surface area contributed by atoms with Crippen LogP contribution in [0.1, 0.15) is 57.8 Å². The minimum absolute atomic E-state index is 0.000743. The number of carbonyl (C=O) groups is 2. The maximum Gasteiger partial charge on any atom is 0.245 e. The number of rotatable bonds is 12. The van der Waals surface area contributed by atoms with Gasteiger partial charge in [-0.25, -0.2) is 4.98 Å². The van der Waals surface area contributed by atoms with Crippen molar-refractivity contribution in [2.24, 2.45) is 0 Å². The Morgan fingerprint density at radius 1 is 1.30 bits per heavy atom. The molecule has 2 heterocycles. The predicted octanol–water partition coefficient (Wildman–Crippen LogP) is 3.28. The standard InChI is InChI=1S/C23H34N4O3/c1-3-4-5-6-7-9-19(25-18-13-14-21(30-2)24-16-18)23(29)27-15-8-10-20(27)22(28)26-17-11-12-17/h3,13-14,16-17,19-20,25H,1,4-12,15H2,2H3,(H,26,28)/t19?,20-/m0/s1. The lowest BCUT2D eigenvalue weighted by Crippen LogP contribution is -2.51. The van der Waals surface area contributed by atoms with Gasteiger partial charge in [-0.3, -0.25) is 9.59 Å². The summed E-state index contributed by atoms with van der Waals surface area (Å²) in [5, 5.41) is 6.41. The number of unbranched alkanes of at least 4 members (excludes halogenated alkanes) is 3. The number of amides is 2. The molecule has 1 aromatic heterocycles. The zero-order valence-corrected chi connectivity index (χ0v) is 17.9. The van der Waals surface area contributed by atoms with Crippen molar-refractivity contribution in [1.82, 2.24) is 15.2 Å². The molecule has 30 heavy (non-hydrogen) atoms. The quantitative estimate of drug-likeness (QED) is 0.405. The lowest BCUT2D eigenvalue weighted by molar-refractivity contribution is -0.139. The molecule has 164 valence electrons. The molecule has 1 unspecified atom stereocenters. The van der Waals surface area contributed by atoms with Gasteiger partial charge in [-0.15, -0.1) is 6.58 Å². The second kappa shape index (κ2) is 11.0. The van der Waals surface area contributed by atoms with Crippen molar-refractivity contribution in [2.75, 3.05) is 19.0 Å². The molecule has 7 heteroatoms. The molecule has 1 aromatic rings. The fourth-order valence-electron chi connectivity index (χ4n) is 3.89. The number of carbonyl (C=O) groups excluding carboxylic acids is 2. The molecule has 2 amide bonds. The number of hydrogen-bond acceptors (Lipinski definition) is 5. The number of anilines is 1. The van der Waals surface area contributed by atoms with Gasteiger partial charge in [0.25, 0.3) is 0 Å². The maximum absolute atomic E-state index is 13.4. The second-order valence-electron chi connectivity index (χ2n) is 8.19. The lowest BCUT2D eigenvalue weighted by Gasteiger charge is -2.29. The molecular weight excluding hydrogens is 380 g/mol. The van der Waals surface area contributed by atoms with E-state index in [2.05, 4.69) is 22.2 Å². The number of nitrogens with one attached hydrogen (secondary N) is 2. The van der Waals surface area contributed by atoms with Gasteiger partial charge in [0.15, 0.2) is 0 Å². The Morgan fingerprint density at radius 2 is 2.13 bits per heavy atom. The van der Waals surface area contributed by atoms with Crippen molar-refractivity contribution in [1.29, 1.82) is 0 Å². The first-order valence-electron chi connectivity index (χ1n) is 11.1. The van der Waals surface area contributed by atoms with Crippen molar-refractivity contribution in [2.45, 2.75) is 75.9 Å². The molecule has 2 fully saturated rings. The molecular formula is C23H34N4O3. The molecule has 7 nitrogen and oxygen atoms in total. The van der Waals surface area contributed by atoms with Gasteiger partial charge >= 0.3 is 0 Å². The molecule has 2 N–H and O–H groups in total. The summed E-state index contributed by atoms with van der Waals surface area (Å²) >= 11 is 0. The summed E-state index contributed by atoms with van der Waals surface area (Å²) in [5.74, 6) is 0.534. The molecule has 0 bridgehead atoms. The Balaban J connectivity index is 1.65. The van der Waals surface area contributed by atoms with Crippen LogP contribution in [0.4, 0.5) is 5.69 Å². The summed E-state index contributed by atoms with van der Waals surface area (Å²) < 4.78 is 5.12. The number of nitrogens with zero attached hydrogens (tertiary/aromatic N) is 2. The Kier molecular flexibility index (Phi) is 8.11. The monoisotopic (exact) mass is 414 g/mol. The van der Waals surface area contributed by atoms with Crippen LogP contribution in [0.25, 0.3) is 0 Å². The van der Waals surface area contributed by atoms with Crippen LogP contribution in [0.3, 0.4) is 0 Å². The van der Waals surface area contributed by atoms with Crippen molar-refractivity contribution in [3.05, 3.63) is 31.0 Å². The average Bonchev–Trinajstić information content (AvgIpc) is 3.43. The highest BCUT2D eigenvalue weighted by atomic mass is 16.5. The highest BCUT2D eigenvalue weighted by Gasteiger charge is 2.38. The van der Waals surface area contributed by atoms with Gasteiger partial charge in [0, 0.05) is 18.7 Å². The lowest BCUT2D eigenvalue weighted by atomic mass is 10.0. The number of methoxy groups -OCH3 is 1. The predicted molar refractivity (Wildman–Crippen MR) is 117 cm³/mol. The topological polar surface area (TPSA) is 83.6 Å². The number of ether oxygens (including phenoxy) is 1. The van der Waals surface area contributed by atoms with Gasteiger partial charge in [-0.1, -0.05) is 18.9 Å². The summed E-state index contributed by atoms with van der Waals surface area (Å²) in [5.41, 5.74) is 0.776. The molecule has 1 aliphatic carbocycles. The second-order valence-corrected chi connectivity index (χ2v) is 8.19. The van der Waals surface area contributed by atoms with Crippen molar-refractivity contribution in [3.63, 3.8) is 0 Å². The van der Waals surface area contributed by atoms with Crippen molar-refractivity contribution >= 4 is 17.5 Å². The maximum atomic E-state index is 13.4. The third-order valence-electron chi connectivity index (χ3n) is 5.75. The van der Waals surface area contributed by atoms with Gasteiger partial charge in [0.1, 0.15) is 12.1 Å². The highest BCUT2D eigenvalue weighted by molar-refractivity contribution is 5.91.